The van der Waals surface area contributed by atoms with Gasteiger partial charge in [0.1, 0.15) is 6.10 Å². The van der Waals surface area contributed by atoms with Gasteiger partial charge in [0, 0.05) is 13.0 Å². The first-order valence-electron chi connectivity index (χ1n) is 4.55. The highest BCUT2D eigenvalue weighted by Gasteiger charge is 2.16. The van der Waals surface area contributed by atoms with Crippen LogP contribution in [0.25, 0.3) is 0 Å². The first-order valence-corrected chi connectivity index (χ1v) is 4.55. The fourth-order valence-corrected chi connectivity index (χ4v) is 0.862. The number of rotatable bonds is 7. The van der Waals surface area contributed by atoms with Crippen molar-refractivity contribution in [3.63, 3.8) is 0 Å². The van der Waals surface area contributed by atoms with E-state index in [1.807, 2.05) is 0 Å². The highest BCUT2D eigenvalue weighted by molar-refractivity contribution is 5.80. The second-order valence-corrected chi connectivity index (χ2v) is 3.03. The normalized spacial score (nSPS) is 14.3. The number of carboxylic acids is 1. The zero-order valence-electron chi connectivity index (χ0n) is 8.22. The number of carbonyl (C=O) groups is 2. The van der Waals surface area contributed by atoms with E-state index in [1.165, 1.54) is 0 Å². The Morgan fingerprint density at radius 1 is 1.20 bits per heavy atom. The molecule has 1 amide bonds. The lowest BCUT2D eigenvalue weighted by molar-refractivity contribution is -0.147. The number of carbonyl (C=O) groups excluding carboxylic acids is 1. The predicted molar refractivity (Wildman–Crippen MR) is 50.9 cm³/mol. The van der Waals surface area contributed by atoms with E-state index in [1.54, 1.807) is 0 Å². The standard InChI is InChI=1S/C8H16N2O5/c9-3-1-5(11)7(13)10-4-2-6(12)8(14)15/h5-6,11-12H,1-4,9H2,(H,10,13)(H,14,15). The molecule has 2 unspecified atom stereocenters. The van der Waals surface area contributed by atoms with Crippen LogP contribution in [-0.2, 0) is 9.59 Å². The van der Waals surface area contributed by atoms with E-state index in [4.69, 9.17) is 21.1 Å². The third-order valence-corrected chi connectivity index (χ3v) is 1.74. The number of nitrogens with two attached hydrogens (primary N) is 1. The summed E-state index contributed by atoms with van der Waals surface area (Å²) >= 11 is 0. The number of nitrogens with one attached hydrogen (secondary N) is 1. The van der Waals surface area contributed by atoms with Gasteiger partial charge in [0.15, 0.2) is 6.10 Å². The smallest absolute Gasteiger partial charge is 0.332 e. The monoisotopic (exact) mass is 220 g/mol. The minimum absolute atomic E-state index is 0.00602. The van der Waals surface area contributed by atoms with E-state index in [2.05, 4.69) is 5.32 Å². The number of aliphatic hydroxyl groups is 2. The summed E-state index contributed by atoms with van der Waals surface area (Å²) in [5, 5.41) is 28.6. The van der Waals surface area contributed by atoms with Crippen LogP contribution in [0.15, 0.2) is 0 Å². The molecule has 0 heterocycles. The number of amides is 1. The molecule has 6 N–H and O–H groups in total. The largest absolute Gasteiger partial charge is 0.479 e. The van der Waals surface area contributed by atoms with Gasteiger partial charge in [-0.15, -0.1) is 0 Å². The molecule has 0 saturated carbocycles. The van der Waals surface area contributed by atoms with Gasteiger partial charge in [-0.3, -0.25) is 4.79 Å². The minimum Gasteiger partial charge on any atom is -0.479 e. The molecule has 0 aliphatic carbocycles. The van der Waals surface area contributed by atoms with Gasteiger partial charge in [-0.25, -0.2) is 4.79 Å². The number of hydrogen-bond donors (Lipinski definition) is 5. The van der Waals surface area contributed by atoms with E-state index in [9.17, 15) is 9.59 Å². The fraction of sp³-hybridized carbons (Fsp3) is 0.750. The lowest BCUT2D eigenvalue weighted by Gasteiger charge is -2.10. The van der Waals surface area contributed by atoms with Crippen molar-refractivity contribution in [2.75, 3.05) is 13.1 Å². The molecule has 7 nitrogen and oxygen atoms in total. The molecule has 0 saturated heterocycles. The molecule has 0 bridgehead atoms. The second-order valence-electron chi connectivity index (χ2n) is 3.03. The maximum atomic E-state index is 11.0. The topological polar surface area (TPSA) is 133 Å². The highest BCUT2D eigenvalue weighted by Crippen LogP contribution is 1.92. The fourth-order valence-electron chi connectivity index (χ4n) is 0.862. The average molecular weight is 220 g/mol. The Morgan fingerprint density at radius 2 is 1.80 bits per heavy atom. The van der Waals surface area contributed by atoms with E-state index >= 15 is 0 Å². The summed E-state index contributed by atoms with van der Waals surface area (Å²) in [6.45, 7) is 0.181. The van der Waals surface area contributed by atoms with Crippen molar-refractivity contribution in [2.45, 2.75) is 25.0 Å². The molecule has 0 aromatic heterocycles. The van der Waals surface area contributed by atoms with Gasteiger partial charge in [-0.1, -0.05) is 0 Å². The number of hydrogen-bond acceptors (Lipinski definition) is 5. The van der Waals surface area contributed by atoms with Gasteiger partial charge in [0.2, 0.25) is 5.91 Å². The van der Waals surface area contributed by atoms with Crippen molar-refractivity contribution in [1.29, 1.82) is 0 Å². The molecule has 0 radical (unpaired) electrons. The van der Waals surface area contributed by atoms with Crippen LogP contribution in [0.4, 0.5) is 0 Å². The SMILES string of the molecule is NCCC(O)C(=O)NCCC(O)C(=O)O. The molecule has 15 heavy (non-hydrogen) atoms. The molecule has 0 spiro atoms. The lowest BCUT2D eigenvalue weighted by Crippen LogP contribution is -2.38. The maximum absolute atomic E-state index is 11.0. The number of carboxylic acid groups (broad SMARTS) is 1. The van der Waals surface area contributed by atoms with Crippen LogP contribution < -0.4 is 11.1 Å². The molecule has 0 aliphatic rings. The Hall–Kier alpha value is -1.18. The van der Waals surface area contributed by atoms with Crippen molar-refractivity contribution in [2.24, 2.45) is 5.73 Å². The van der Waals surface area contributed by atoms with E-state index in [0.29, 0.717) is 0 Å². The van der Waals surface area contributed by atoms with Gasteiger partial charge in [-0.2, -0.15) is 0 Å². The molecular formula is C8H16N2O5. The highest BCUT2D eigenvalue weighted by atomic mass is 16.4. The van der Waals surface area contributed by atoms with Crippen LogP contribution in [0, 0.1) is 0 Å². The number of aliphatic hydroxyl groups excluding tert-OH is 2. The molecule has 0 aromatic rings. The first-order chi connectivity index (χ1) is 6.99. The van der Waals surface area contributed by atoms with Crippen LogP contribution in [0.1, 0.15) is 12.8 Å². The molecule has 0 fully saturated rings. The van der Waals surface area contributed by atoms with E-state index in [0.717, 1.165) is 0 Å². The summed E-state index contributed by atoms with van der Waals surface area (Å²) in [6.07, 6.45) is -2.64. The van der Waals surface area contributed by atoms with Gasteiger partial charge >= 0.3 is 5.97 Å². The van der Waals surface area contributed by atoms with E-state index in [-0.39, 0.29) is 25.9 Å². The zero-order valence-corrected chi connectivity index (χ0v) is 8.22. The Balaban J connectivity index is 3.67. The molecular weight excluding hydrogens is 204 g/mol. The third-order valence-electron chi connectivity index (χ3n) is 1.74. The summed E-state index contributed by atoms with van der Waals surface area (Å²) in [5.74, 6) is -1.95. The summed E-state index contributed by atoms with van der Waals surface area (Å²) < 4.78 is 0. The summed E-state index contributed by atoms with van der Waals surface area (Å²) in [6, 6.07) is 0. The summed E-state index contributed by atoms with van der Waals surface area (Å²) in [7, 11) is 0. The van der Waals surface area contributed by atoms with Crippen molar-refractivity contribution in [1.82, 2.24) is 5.32 Å². The van der Waals surface area contributed by atoms with Crippen molar-refractivity contribution in [3.8, 4) is 0 Å². The second kappa shape index (κ2) is 7.16. The van der Waals surface area contributed by atoms with Crippen molar-refractivity contribution < 1.29 is 24.9 Å². The summed E-state index contributed by atoms with van der Waals surface area (Å²) in [5.41, 5.74) is 5.13. The van der Waals surface area contributed by atoms with Gasteiger partial charge < -0.3 is 26.4 Å². The Labute approximate surface area is 86.9 Å². The molecule has 0 aromatic carbocycles. The van der Waals surface area contributed by atoms with Crippen LogP contribution >= 0.6 is 0 Å². The molecule has 88 valence electrons. The first kappa shape index (κ1) is 13.8. The lowest BCUT2D eigenvalue weighted by atomic mass is 10.2. The predicted octanol–water partition coefficient (Wildman–Crippen LogP) is -2.35. The van der Waals surface area contributed by atoms with Gasteiger partial charge in [0.25, 0.3) is 0 Å². The molecule has 2 atom stereocenters. The quantitative estimate of drug-likeness (QED) is 0.326. The van der Waals surface area contributed by atoms with Gasteiger partial charge in [0.05, 0.1) is 0 Å². The van der Waals surface area contributed by atoms with Crippen molar-refractivity contribution in [3.05, 3.63) is 0 Å². The van der Waals surface area contributed by atoms with Crippen LogP contribution in [-0.4, -0.2) is 52.5 Å². The third kappa shape index (κ3) is 6.00. The molecule has 7 heteroatoms. The van der Waals surface area contributed by atoms with E-state index < -0.39 is 24.1 Å². The zero-order chi connectivity index (χ0) is 11.8. The average Bonchev–Trinajstić information content (AvgIpc) is 2.17. The Kier molecular flexibility index (Phi) is 6.59. The Morgan fingerprint density at radius 3 is 2.27 bits per heavy atom. The number of aliphatic carboxylic acids is 1. The molecule has 0 rings (SSSR count). The molecule has 0 aliphatic heterocycles. The van der Waals surface area contributed by atoms with Crippen LogP contribution in [0.2, 0.25) is 0 Å². The van der Waals surface area contributed by atoms with Gasteiger partial charge in [-0.05, 0) is 13.0 Å². The van der Waals surface area contributed by atoms with Crippen LogP contribution in [0.3, 0.4) is 0 Å². The summed E-state index contributed by atoms with van der Waals surface area (Å²) in [4.78, 5) is 21.2. The maximum Gasteiger partial charge on any atom is 0.332 e. The van der Waals surface area contributed by atoms with Crippen molar-refractivity contribution >= 4 is 11.9 Å². The van der Waals surface area contributed by atoms with Crippen LogP contribution in [0.5, 0.6) is 0 Å². The Bertz CT molecular complexity index is 221. The minimum atomic E-state index is -1.50.